The molecule has 0 spiro atoms. The first-order valence-electron chi connectivity index (χ1n) is 4.19. The second-order valence-corrected chi connectivity index (χ2v) is 5.37. The monoisotopic (exact) mass is 197 g/mol. The van der Waals surface area contributed by atoms with Crippen molar-refractivity contribution in [1.82, 2.24) is 0 Å². The molecule has 0 atom stereocenters. The van der Waals surface area contributed by atoms with Crippen LogP contribution in [0.3, 0.4) is 0 Å². The average Bonchev–Trinajstić information content (AvgIpc) is 2.09. The number of thioether (sulfide) groups is 1. The minimum Gasteiger partial charge on any atom is -0.399 e. The molecule has 0 aliphatic rings. The number of nitrogens with two attached hydrogens (primary N) is 1. The van der Waals surface area contributed by atoms with Crippen molar-refractivity contribution >= 4 is 17.4 Å². The summed E-state index contributed by atoms with van der Waals surface area (Å²) >= 11 is 1.65. The largest absolute Gasteiger partial charge is 0.399 e. The van der Waals surface area contributed by atoms with Gasteiger partial charge in [0.2, 0.25) is 0 Å². The molecule has 0 saturated heterocycles. The number of aliphatic hydroxyl groups is 1. The fourth-order valence-corrected chi connectivity index (χ4v) is 1.86. The second-order valence-electron chi connectivity index (χ2n) is 3.59. The van der Waals surface area contributed by atoms with Gasteiger partial charge in [-0.05, 0) is 38.1 Å². The molecule has 2 nitrogen and oxygen atoms in total. The van der Waals surface area contributed by atoms with E-state index in [-0.39, 0.29) is 11.4 Å². The van der Waals surface area contributed by atoms with Gasteiger partial charge in [0.15, 0.2) is 0 Å². The summed E-state index contributed by atoms with van der Waals surface area (Å²) in [5, 5.41) is 9.06. The first-order valence-corrected chi connectivity index (χ1v) is 5.00. The smallest absolute Gasteiger partial charge is 0.0576 e. The Bertz CT molecular complexity index is 269. The van der Waals surface area contributed by atoms with Crippen molar-refractivity contribution in [3.05, 3.63) is 24.3 Å². The Morgan fingerprint density at radius 3 is 2.31 bits per heavy atom. The van der Waals surface area contributed by atoms with Crippen molar-refractivity contribution in [1.29, 1.82) is 0 Å². The molecular formula is C10H15NOS. The van der Waals surface area contributed by atoms with E-state index in [0.717, 1.165) is 10.6 Å². The highest BCUT2D eigenvalue weighted by molar-refractivity contribution is 8.00. The topological polar surface area (TPSA) is 46.2 Å². The minimum atomic E-state index is -0.129. The fraction of sp³-hybridized carbons (Fsp3) is 0.400. The van der Waals surface area contributed by atoms with E-state index < -0.39 is 0 Å². The second kappa shape index (κ2) is 4.03. The van der Waals surface area contributed by atoms with E-state index in [4.69, 9.17) is 10.8 Å². The van der Waals surface area contributed by atoms with Crippen molar-refractivity contribution in [3.8, 4) is 0 Å². The molecule has 0 aromatic heterocycles. The molecule has 0 radical (unpaired) electrons. The number of hydrogen-bond acceptors (Lipinski definition) is 3. The van der Waals surface area contributed by atoms with Crippen LogP contribution < -0.4 is 5.73 Å². The maximum absolute atomic E-state index is 9.06. The van der Waals surface area contributed by atoms with E-state index in [9.17, 15) is 0 Å². The zero-order chi connectivity index (χ0) is 9.90. The summed E-state index contributed by atoms with van der Waals surface area (Å²) in [5.41, 5.74) is 6.33. The summed E-state index contributed by atoms with van der Waals surface area (Å²) in [6, 6.07) is 7.68. The van der Waals surface area contributed by atoms with Gasteiger partial charge in [0.05, 0.1) is 6.61 Å². The Balaban J connectivity index is 2.69. The third kappa shape index (κ3) is 3.28. The molecule has 0 unspecified atom stereocenters. The van der Waals surface area contributed by atoms with Crippen LogP contribution in [0.25, 0.3) is 0 Å². The lowest BCUT2D eigenvalue weighted by Crippen LogP contribution is -2.19. The number of aliphatic hydroxyl groups excluding tert-OH is 1. The molecule has 1 rings (SSSR count). The third-order valence-corrected chi connectivity index (χ3v) is 2.84. The van der Waals surface area contributed by atoms with Crippen molar-refractivity contribution in [3.63, 3.8) is 0 Å². The molecule has 13 heavy (non-hydrogen) atoms. The van der Waals surface area contributed by atoms with E-state index in [1.54, 1.807) is 11.8 Å². The van der Waals surface area contributed by atoms with Crippen molar-refractivity contribution in [2.75, 3.05) is 12.3 Å². The highest BCUT2D eigenvalue weighted by atomic mass is 32.2. The van der Waals surface area contributed by atoms with Gasteiger partial charge in [-0.3, -0.25) is 0 Å². The van der Waals surface area contributed by atoms with Crippen LogP contribution in [0, 0.1) is 0 Å². The third-order valence-electron chi connectivity index (χ3n) is 1.66. The molecule has 3 N–H and O–H groups in total. The lowest BCUT2D eigenvalue weighted by atomic mass is 10.2. The maximum Gasteiger partial charge on any atom is 0.0576 e. The lowest BCUT2D eigenvalue weighted by molar-refractivity contribution is 0.265. The molecule has 1 aromatic rings. The highest BCUT2D eigenvalue weighted by Gasteiger charge is 2.17. The Kier molecular flexibility index (Phi) is 3.22. The predicted molar refractivity (Wildman–Crippen MR) is 57.9 cm³/mol. The van der Waals surface area contributed by atoms with Gasteiger partial charge >= 0.3 is 0 Å². The zero-order valence-electron chi connectivity index (χ0n) is 7.95. The van der Waals surface area contributed by atoms with Crippen LogP contribution in [-0.2, 0) is 0 Å². The van der Waals surface area contributed by atoms with Crippen molar-refractivity contribution in [2.45, 2.75) is 23.5 Å². The number of benzene rings is 1. The SMILES string of the molecule is CC(C)(CO)Sc1ccc(N)cc1. The zero-order valence-corrected chi connectivity index (χ0v) is 8.77. The molecule has 72 valence electrons. The van der Waals surface area contributed by atoms with Crippen molar-refractivity contribution in [2.24, 2.45) is 0 Å². The molecule has 0 aliphatic carbocycles. The Labute approximate surface area is 83.1 Å². The Morgan fingerprint density at radius 2 is 1.85 bits per heavy atom. The normalized spacial score (nSPS) is 11.6. The fourth-order valence-electron chi connectivity index (χ4n) is 0.887. The number of nitrogen functional groups attached to an aromatic ring is 1. The molecule has 0 fully saturated rings. The van der Waals surface area contributed by atoms with Crippen LogP contribution in [0.1, 0.15) is 13.8 Å². The Hall–Kier alpha value is -0.670. The Morgan fingerprint density at radius 1 is 1.31 bits per heavy atom. The van der Waals surface area contributed by atoms with E-state index in [1.807, 2.05) is 38.1 Å². The summed E-state index contributed by atoms with van der Waals surface area (Å²) in [4.78, 5) is 1.13. The summed E-state index contributed by atoms with van der Waals surface area (Å²) in [6.45, 7) is 4.18. The quantitative estimate of drug-likeness (QED) is 0.576. The van der Waals surface area contributed by atoms with Crippen LogP contribution in [0.15, 0.2) is 29.2 Å². The number of hydrogen-bond donors (Lipinski definition) is 2. The van der Waals surface area contributed by atoms with Gasteiger partial charge < -0.3 is 10.8 Å². The predicted octanol–water partition coefficient (Wildman–Crippen LogP) is 2.13. The lowest BCUT2D eigenvalue weighted by Gasteiger charge is -2.20. The van der Waals surface area contributed by atoms with Crippen LogP contribution in [0.2, 0.25) is 0 Å². The molecule has 3 heteroatoms. The van der Waals surface area contributed by atoms with E-state index in [2.05, 4.69) is 0 Å². The van der Waals surface area contributed by atoms with Gasteiger partial charge in [0.1, 0.15) is 0 Å². The average molecular weight is 197 g/mol. The summed E-state index contributed by atoms with van der Waals surface area (Å²) < 4.78 is -0.129. The standard InChI is InChI=1S/C10H15NOS/c1-10(2,7-12)13-9-5-3-8(11)4-6-9/h3-6,12H,7,11H2,1-2H3. The van der Waals surface area contributed by atoms with Crippen LogP contribution >= 0.6 is 11.8 Å². The number of anilines is 1. The van der Waals surface area contributed by atoms with Gasteiger partial charge in [-0.25, -0.2) is 0 Å². The van der Waals surface area contributed by atoms with Crippen LogP contribution in [0.5, 0.6) is 0 Å². The maximum atomic E-state index is 9.06. The highest BCUT2D eigenvalue weighted by Crippen LogP contribution is 2.31. The van der Waals surface area contributed by atoms with Gasteiger partial charge in [-0.15, -0.1) is 11.8 Å². The molecule has 1 aromatic carbocycles. The molecule has 0 bridgehead atoms. The molecule has 0 aliphatic heterocycles. The number of rotatable bonds is 3. The first kappa shape index (κ1) is 10.4. The van der Waals surface area contributed by atoms with Crippen LogP contribution in [0.4, 0.5) is 5.69 Å². The summed E-state index contributed by atoms with van der Waals surface area (Å²) in [5.74, 6) is 0. The molecular weight excluding hydrogens is 182 g/mol. The van der Waals surface area contributed by atoms with Crippen LogP contribution in [-0.4, -0.2) is 16.5 Å². The van der Waals surface area contributed by atoms with Crippen molar-refractivity contribution < 1.29 is 5.11 Å². The van der Waals surface area contributed by atoms with E-state index in [0.29, 0.717) is 0 Å². The minimum absolute atomic E-state index is 0.129. The molecule has 0 amide bonds. The van der Waals surface area contributed by atoms with E-state index >= 15 is 0 Å². The summed E-state index contributed by atoms with van der Waals surface area (Å²) in [6.07, 6.45) is 0. The first-order chi connectivity index (χ1) is 6.03. The molecule has 0 heterocycles. The van der Waals surface area contributed by atoms with Gasteiger partial charge in [-0.2, -0.15) is 0 Å². The van der Waals surface area contributed by atoms with Gasteiger partial charge in [-0.1, -0.05) is 0 Å². The van der Waals surface area contributed by atoms with Gasteiger partial charge in [0.25, 0.3) is 0 Å². The van der Waals surface area contributed by atoms with Gasteiger partial charge in [0, 0.05) is 15.3 Å². The summed E-state index contributed by atoms with van der Waals surface area (Å²) in [7, 11) is 0. The van der Waals surface area contributed by atoms with E-state index in [1.165, 1.54) is 0 Å². The molecule has 0 saturated carbocycles.